The summed E-state index contributed by atoms with van der Waals surface area (Å²) >= 11 is 1.31. The largest absolute Gasteiger partial charge is 0.376 e. The molecule has 0 radical (unpaired) electrons. The Morgan fingerprint density at radius 3 is 2.56 bits per heavy atom. The van der Waals surface area contributed by atoms with Gasteiger partial charge in [0.25, 0.3) is 5.56 Å². The molecule has 0 saturated carbocycles. The van der Waals surface area contributed by atoms with Crippen molar-refractivity contribution >= 4 is 28.4 Å². The zero-order chi connectivity index (χ0) is 25.4. The summed E-state index contributed by atoms with van der Waals surface area (Å²) in [6.45, 7) is 9.65. The van der Waals surface area contributed by atoms with Crippen LogP contribution in [0.3, 0.4) is 0 Å². The number of carbonyl (C=O) groups is 1. The molecule has 186 valence electrons. The average Bonchev–Trinajstić information content (AvgIpc) is 3.46. The SMILES string of the molecule is Cc1cc(C)cc(-n2c(SCC(=O)c3cc(C)n(CC4CCCO4)c3C)nc3ccccc3c2=O)c1. The smallest absolute Gasteiger partial charge is 0.266 e. The van der Waals surface area contributed by atoms with E-state index >= 15 is 0 Å². The zero-order valence-corrected chi connectivity index (χ0v) is 22.0. The van der Waals surface area contributed by atoms with Gasteiger partial charge in [-0.1, -0.05) is 30.0 Å². The molecule has 3 heterocycles. The van der Waals surface area contributed by atoms with Crippen molar-refractivity contribution in [3.63, 3.8) is 0 Å². The summed E-state index contributed by atoms with van der Waals surface area (Å²) in [4.78, 5) is 31.7. The van der Waals surface area contributed by atoms with Gasteiger partial charge >= 0.3 is 0 Å². The second kappa shape index (κ2) is 10.1. The van der Waals surface area contributed by atoms with Crippen molar-refractivity contribution in [1.82, 2.24) is 14.1 Å². The van der Waals surface area contributed by atoms with Gasteiger partial charge in [-0.3, -0.25) is 14.2 Å². The van der Waals surface area contributed by atoms with Crippen LogP contribution in [0, 0.1) is 27.7 Å². The van der Waals surface area contributed by atoms with Gasteiger partial charge < -0.3 is 9.30 Å². The van der Waals surface area contributed by atoms with E-state index in [-0.39, 0.29) is 23.2 Å². The molecule has 6 nitrogen and oxygen atoms in total. The van der Waals surface area contributed by atoms with Crippen LogP contribution >= 0.6 is 11.8 Å². The highest BCUT2D eigenvalue weighted by atomic mass is 32.2. The summed E-state index contributed by atoms with van der Waals surface area (Å²) in [5.41, 5.74) is 6.15. The van der Waals surface area contributed by atoms with Crippen molar-refractivity contribution < 1.29 is 9.53 Å². The highest BCUT2D eigenvalue weighted by Gasteiger charge is 2.22. The summed E-state index contributed by atoms with van der Waals surface area (Å²) in [5.74, 6) is 0.223. The monoisotopic (exact) mass is 501 g/mol. The molecule has 36 heavy (non-hydrogen) atoms. The number of hydrogen-bond donors (Lipinski definition) is 0. The molecule has 1 saturated heterocycles. The first-order chi connectivity index (χ1) is 17.3. The van der Waals surface area contributed by atoms with Gasteiger partial charge in [-0.25, -0.2) is 4.98 Å². The normalized spacial score (nSPS) is 15.6. The number of para-hydroxylation sites is 1. The molecular formula is C29H31N3O3S. The molecule has 1 unspecified atom stereocenters. The number of Topliss-reactive ketones (excluding diaryl/α,β-unsaturated/α-hetero) is 1. The van der Waals surface area contributed by atoms with Crippen LogP contribution in [0.25, 0.3) is 16.6 Å². The second-order valence-corrected chi connectivity index (χ2v) is 10.6. The van der Waals surface area contributed by atoms with Crippen LogP contribution in [-0.4, -0.2) is 38.4 Å². The number of nitrogens with zero attached hydrogens (tertiary/aromatic N) is 3. The molecule has 1 aliphatic rings. The van der Waals surface area contributed by atoms with Crippen molar-refractivity contribution in [3.8, 4) is 5.69 Å². The van der Waals surface area contributed by atoms with Crippen LogP contribution in [0.1, 0.15) is 45.7 Å². The van der Waals surface area contributed by atoms with Gasteiger partial charge in [0, 0.05) is 30.1 Å². The molecule has 5 rings (SSSR count). The Balaban J connectivity index is 1.47. The van der Waals surface area contributed by atoms with Gasteiger partial charge in [-0.2, -0.15) is 0 Å². The highest BCUT2D eigenvalue weighted by molar-refractivity contribution is 7.99. The minimum Gasteiger partial charge on any atom is -0.376 e. The summed E-state index contributed by atoms with van der Waals surface area (Å²) in [6, 6.07) is 15.4. The lowest BCUT2D eigenvalue weighted by molar-refractivity contribution is 0.0957. The van der Waals surface area contributed by atoms with E-state index in [9.17, 15) is 9.59 Å². The molecule has 1 atom stereocenters. The maximum atomic E-state index is 13.6. The molecular weight excluding hydrogens is 470 g/mol. The zero-order valence-electron chi connectivity index (χ0n) is 21.2. The highest BCUT2D eigenvalue weighted by Crippen LogP contribution is 2.26. The Morgan fingerprint density at radius 1 is 1.08 bits per heavy atom. The van der Waals surface area contributed by atoms with Gasteiger partial charge in [0.2, 0.25) is 0 Å². The first kappa shape index (κ1) is 24.5. The molecule has 1 aliphatic heterocycles. The number of aromatic nitrogens is 3. The lowest BCUT2D eigenvalue weighted by Gasteiger charge is -2.15. The number of ketones is 1. The van der Waals surface area contributed by atoms with Crippen molar-refractivity contribution in [2.75, 3.05) is 12.4 Å². The fourth-order valence-electron chi connectivity index (χ4n) is 5.08. The van der Waals surface area contributed by atoms with Crippen LogP contribution in [0.15, 0.2) is 58.5 Å². The van der Waals surface area contributed by atoms with Crippen LogP contribution < -0.4 is 5.56 Å². The molecule has 0 bridgehead atoms. The fourth-order valence-corrected chi connectivity index (χ4v) is 5.98. The summed E-state index contributed by atoms with van der Waals surface area (Å²) in [6.07, 6.45) is 2.36. The third-order valence-corrected chi connectivity index (χ3v) is 7.76. The van der Waals surface area contributed by atoms with Gasteiger partial charge in [0.15, 0.2) is 10.9 Å². The third-order valence-electron chi connectivity index (χ3n) is 6.83. The Hall–Kier alpha value is -3.16. The van der Waals surface area contributed by atoms with E-state index in [1.54, 1.807) is 10.6 Å². The predicted molar refractivity (Wildman–Crippen MR) is 145 cm³/mol. The summed E-state index contributed by atoms with van der Waals surface area (Å²) in [7, 11) is 0. The molecule has 1 fully saturated rings. The second-order valence-electron chi connectivity index (χ2n) is 9.64. The van der Waals surface area contributed by atoms with Crippen LogP contribution in [0.2, 0.25) is 0 Å². The first-order valence-corrected chi connectivity index (χ1v) is 13.3. The van der Waals surface area contributed by atoms with Gasteiger partial charge in [-0.05, 0) is 82.0 Å². The number of carbonyl (C=O) groups excluding carboxylic acids is 1. The average molecular weight is 502 g/mol. The molecule has 0 aliphatic carbocycles. The Morgan fingerprint density at radius 2 is 1.83 bits per heavy atom. The number of hydrogen-bond acceptors (Lipinski definition) is 5. The van der Waals surface area contributed by atoms with Crippen molar-refractivity contribution in [2.24, 2.45) is 0 Å². The maximum absolute atomic E-state index is 13.6. The van der Waals surface area contributed by atoms with E-state index in [1.165, 1.54) is 11.8 Å². The van der Waals surface area contributed by atoms with Crippen LogP contribution in [0.4, 0.5) is 0 Å². The molecule has 0 amide bonds. The van der Waals surface area contributed by atoms with Crippen molar-refractivity contribution in [1.29, 1.82) is 0 Å². The van der Waals surface area contributed by atoms with E-state index in [4.69, 9.17) is 9.72 Å². The molecule has 2 aromatic heterocycles. The van der Waals surface area contributed by atoms with Crippen LogP contribution in [-0.2, 0) is 11.3 Å². The number of benzene rings is 2. The molecule has 0 N–H and O–H groups in total. The van der Waals surface area contributed by atoms with Crippen molar-refractivity contribution in [3.05, 3.63) is 87.0 Å². The molecule has 0 spiro atoms. The molecule has 2 aromatic carbocycles. The Kier molecular flexibility index (Phi) is 6.86. The molecule has 7 heteroatoms. The van der Waals surface area contributed by atoms with E-state index < -0.39 is 0 Å². The number of thioether (sulfide) groups is 1. The number of aryl methyl sites for hydroxylation is 3. The maximum Gasteiger partial charge on any atom is 0.266 e. The Labute approximate surface area is 215 Å². The fraction of sp³-hybridized carbons (Fsp3) is 0.345. The number of rotatable bonds is 7. The number of ether oxygens (including phenoxy) is 1. The minimum atomic E-state index is -0.129. The van der Waals surface area contributed by atoms with E-state index in [0.717, 1.165) is 59.8 Å². The first-order valence-electron chi connectivity index (χ1n) is 12.4. The predicted octanol–water partition coefficient (Wildman–Crippen LogP) is 5.57. The van der Waals surface area contributed by atoms with Gasteiger partial charge in [0.05, 0.1) is 28.4 Å². The van der Waals surface area contributed by atoms with Gasteiger partial charge in [0.1, 0.15) is 0 Å². The lowest BCUT2D eigenvalue weighted by Crippen LogP contribution is -2.22. The van der Waals surface area contributed by atoms with E-state index in [1.807, 2.05) is 64.1 Å². The van der Waals surface area contributed by atoms with Gasteiger partial charge in [-0.15, -0.1) is 0 Å². The Bertz CT molecular complexity index is 1490. The minimum absolute atomic E-state index is 0.0288. The van der Waals surface area contributed by atoms with E-state index in [2.05, 4.69) is 10.6 Å². The summed E-state index contributed by atoms with van der Waals surface area (Å²) < 4.78 is 9.64. The molecule has 4 aromatic rings. The van der Waals surface area contributed by atoms with E-state index in [0.29, 0.717) is 16.1 Å². The van der Waals surface area contributed by atoms with Crippen LogP contribution in [0.5, 0.6) is 0 Å². The topological polar surface area (TPSA) is 66.1 Å². The number of fused-ring (bicyclic) bond motifs is 1. The van der Waals surface area contributed by atoms with Crippen molar-refractivity contribution in [2.45, 2.75) is 58.3 Å². The lowest BCUT2D eigenvalue weighted by atomic mass is 10.1. The standard InChI is InChI=1S/C29H31N3O3S/c1-18-12-19(2)14-22(13-18)32-28(34)24-9-5-6-10-26(24)30-29(32)36-17-27(33)25-15-20(3)31(21(25)4)16-23-8-7-11-35-23/h5-6,9-10,12-15,23H,7-8,11,16-17H2,1-4H3. The quantitative estimate of drug-likeness (QED) is 0.188. The third kappa shape index (κ3) is 4.77. The summed E-state index contributed by atoms with van der Waals surface area (Å²) in [5, 5.41) is 1.08.